The van der Waals surface area contributed by atoms with Crippen LogP contribution in [0.3, 0.4) is 0 Å². The molecular formula is C26H26Cl2N2O3S. The number of nitrogens with zero attached hydrogens (tertiary/aromatic N) is 1. The fraction of sp³-hybridized carbons (Fsp3) is 0.269. The normalized spacial score (nSPS) is 13.9. The van der Waals surface area contributed by atoms with Gasteiger partial charge in [-0.3, -0.25) is 9.10 Å². The molecule has 34 heavy (non-hydrogen) atoms. The molecular weight excluding hydrogens is 491 g/mol. The van der Waals surface area contributed by atoms with Crippen molar-refractivity contribution in [1.82, 2.24) is 5.32 Å². The lowest BCUT2D eigenvalue weighted by Crippen LogP contribution is -2.30. The third kappa shape index (κ3) is 5.40. The van der Waals surface area contributed by atoms with Gasteiger partial charge in [-0.1, -0.05) is 47.5 Å². The van der Waals surface area contributed by atoms with E-state index in [1.165, 1.54) is 21.9 Å². The van der Waals surface area contributed by atoms with Crippen LogP contribution in [0.2, 0.25) is 10.0 Å². The molecule has 1 amide bonds. The van der Waals surface area contributed by atoms with Gasteiger partial charge in [-0.2, -0.15) is 0 Å². The van der Waals surface area contributed by atoms with Crippen LogP contribution >= 0.6 is 23.2 Å². The number of fused-ring (bicyclic) bond motifs is 1. The average Bonchev–Trinajstić information content (AvgIpc) is 3.26. The zero-order valence-corrected chi connectivity index (χ0v) is 21.3. The van der Waals surface area contributed by atoms with Gasteiger partial charge in [0.15, 0.2) is 0 Å². The third-order valence-electron chi connectivity index (χ3n) is 6.15. The molecule has 1 aliphatic rings. The zero-order chi connectivity index (χ0) is 24.5. The van der Waals surface area contributed by atoms with Crippen LogP contribution in [-0.4, -0.2) is 20.6 Å². The molecule has 0 radical (unpaired) electrons. The Hall–Kier alpha value is -2.54. The number of carbonyl (C=O) groups is 1. The molecule has 0 fully saturated rings. The number of amides is 1. The fourth-order valence-electron chi connectivity index (χ4n) is 4.23. The van der Waals surface area contributed by atoms with Crippen LogP contribution in [0, 0.1) is 0 Å². The number of rotatable bonds is 7. The second-order valence-corrected chi connectivity index (χ2v) is 11.3. The highest BCUT2D eigenvalue weighted by Gasteiger charge is 2.21. The highest BCUT2D eigenvalue weighted by atomic mass is 35.5. The number of nitrogens with one attached hydrogen (secondary N) is 1. The number of carbonyl (C=O) groups excluding carboxylic acids is 1. The first-order valence-electron chi connectivity index (χ1n) is 11.1. The van der Waals surface area contributed by atoms with E-state index in [1.807, 2.05) is 6.92 Å². The first-order chi connectivity index (χ1) is 16.1. The van der Waals surface area contributed by atoms with Gasteiger partial charge in [0, 0.05) is 21.2 Å². The minimum Gasteiger partial charge on any atom is -0.346 e. The van der Waals surface area contributed by atoms with Crippen LogP contribution in [0.5, 0.6) is 0 Å². The molecule has 4 rings (SSSR count). The van der Waals surface area contributed by atoms with Gasteiger partial charge in [-0.05, 0) is 79.3 Å². The van der Waals surface area contributed by atoms with Crippen molar-refractivity contribution < 1.29 is 13.2 Å². The van der Waals surface area contributed by atoms with Crippen molar-refractivity contribution in [2.75, 3.05) is 10.6 Å². The van der Waals surface area contributed by atoms with Gasteiger partial charge in [-0.25, -0.2) is 8.42 Å². The first-order valence-corrected chi connectivity index (χ1v) is 13.7. The van der Waals surface area contributed by atoms with E-state index in [1.54, 1.807) is 42.5 Å². The van der Waals surface area contributed by atoms with Crippen LogP contribution in [-0.2, 0) is 29.4 Å². The maximum Gasteiger partial charge on any atom is 0.251 e. The topological polar surface area (TPSA) is 66.5 Å². The van der Waals surface area contributed by atoms with Crippen LogP contribution in [0.1, 0.15) is 52.0 Å². The first kappa shape index (κ1) is 24.6. The van der Waals surface area contributed by atoms with E-state index in [0.29, 0.717) is 26.9 Å². The quantitative estimate of drug-likeness (QED) is 0.422. The summed E-state index contributed by atoms with van der Waals surface area (Å²) >= 11 is 12.5. The van der Waals surface area contributed by atoms with Gasteiger partial charge >= 0.3 is 0 Å². The monoisotopic (exact) mass is 516 g/mol. The Morgan fingerprint density at radius 1 is 1.00 bits per heavy atom. The lowest BCUT2D eigenvalue weighted by atomic mass is 10.0. The number of hydrogen-bond acceptors (Lipinski definition) is 3. The molecule has 0 bridgehead atoms. The molecule has 0 heterocycles. The Labute approximate surface area is 210 Å². The predicted molar refractivity (Wildman–Crippen MR) is 138 cm³/mol. The third-order valence-corrected chi connectivity index (χ3v) is 8.00. The summed E-state index contributed by atoms with van der Waals surface area (Å²) in [7, 11) is -3.63. The van der Waals surface area contributed by atoms with Crippen LogP contribution < -0.4 is 9.62 Å². The molecule has 1 N–H and O–H groups in total. The summed E-state index contributed by atoms with van der Waals surface area (Å²) in [6.07, 6.45) is 4.51. The summed E-state index contributed by atoms with van der Waals surface area (Å²) in [6, 6.07) is 17.8. The van der Waals surface area contributed by atoms with E-state index in [0.717, 1.165) is 24.7 Å². The van der Waals surface area contributed by atoms with Gasteiger partial charge in [-0.15, -0.1) is 0 Å². The maximum absolute atomic E-state index is 12.8. The Morgan fingerprint density at radius 3 is 2.29 bits per heavy atom. The van der Waals surface area contributed by atoms with Gasteiger partial charge < -0.3 is 5.32 Å². The molecule has 3 aromatic rings. The largest absolute Gasteiger partial charge is 0.346 e. The minimum absolute atomic E-state index is 0.0156. The minimum atomic E-state index is -3.63. The number of anilines is 1. The number of benzene rings is 3. The summed E-state index contributed by atoms with van der Waals surface area (Å²) in [4.78, 5) is 12.8. The summed E-state index contributed by atoms with van der Waals surface area (Å²) in [5.74, 6) is -0.223. The summed E-state index contributed by atoms with van der Waals surface area (Å²) < 4.78 is 26.3. The summed E-state index contributed by atoms with van der Waals surface area (Å²) in [5, 5.41) is 3.81. The molecule has 178 valence electrons. The molecule has 5 nitrogen and oxygen atoms in total. The number of aryl methyl sites for hydroxylation is 2. The molecule has 0 spiro atoms. The van der Waals surface area contributed by atoms with E-state index in [-0.39, 0.29) is 18.5 Å². The van der Waals surface area contributed by atoms with Gasteiger partial charge in [0.05, 0.1) is 24.5 Å². The van der Waals surface area contributed by atoms with Crippen molar-refractivity contribution in [2.24, 2.45) is 0 Å². The van der Waals surface area contributed by atoms with Crippen molar-refractivity contribution in [2.45, 2.75) is 38.8 Å². The van der Waals surface area contributed by atoms with E-state index >= 15 is 0 Å². The lowest BCUT2D eigenvalue weighted by molar-refractivity contribution is 0.0940. The SMILES string of the molecule is C[C@H](NC(=O)c1ccc(N(Cc2c(Cl)cccc2Cl)S(C)(=O)=O)cc1)c1ccc2c(c1)CCC2. The Balaban J connectivity index is 1.50. The number of sulfonamides is 1. The van der Waals surface area contributed by atoms with Crippen molar-refractivity contribution in [3.8, 4) is 0 Å². The second-order valence-electron chi connectivity index (χ2n) is 8.59. The predicted octanol–water partition coefficient (Wildman–Crippen LogP) is 5.94. The number of hydrogen-bond donors (Lipinski definition) is 1. The van der Waals surface area contributed by atoms with E-state index in [2.05, 4.69) is 23.5 Å². The highest BCUT2D eigenvalue weighted by Crippen LogP contribution is 2.30. The van der Waals surface area contributed by atoms with Crippen molar-refractivity contribution in [3.63, 3.8) is 0 Å². The molecule has 1 aliphatic carbocycles. The van der Waals surface area contributed by atoms with Crippen LogP contribution in [0.4, 0.5) is 5.69 Å². The van der Waals surface area contributed by atoms with Gasteiger partial charge in [0.2, 0.25) is 10.0 Å². The molecule has 0 saturated carbocycles. The average molecular weight is 517 g/mol. The molecule has 0 aromatic heterocycles. The zero-order valence-electron chi connectivity index (χ0n) is 19.0. The Bertz CT molecular complexity index is 1300. The van der Waals surface area contributed by atoms with E-state index < -0.39 is 10.0 Å². The molecule has 3 aromatic carbocycles. The summed E-state index contributed by atoms with van der Waals surface area (Å²) in [5.41, 5.74) is 5.21. The molecule has 0 unspecified atom stereocenters. The van der Waals surface area contributed by atoms with Gasteiger partial charge in [0.25, 0.3) is 5.91 Å². The highest BCUT2D eigenvalue weighted by molar-refractivity contribution is 7.92. The van der Waals surface area contributed by atoms with Gasteiger partial charge in [0.1, 0.15) is 0 Å². The molecule has 1 atom stereocenters. The fourth-order valence-corrected chi connectivity index (χ4v) is 5.62. The Kier molecular flexibility index (Phi) is 7.22. The number of halogens is 2. The standard InChI is InChI=1S/C26H26Cl2N2O3S/c1-17(20-10-9-18-5-3-6-21(18)15-20)29-26(31)19-11-13-22(14-12-19)30(34(2,32)33)16-23-24(27)7-4-8-25(23)28/h4,7-15,17H,3,5-6,16H2,1-2H3,(H,29,31)/t17-/m0/s1. The van der Waals surface area contributed by atoms with Crippen molar-refractivity contribution in [3.05, 3.63) is 98.5 Å². The molecule has 0 aliphatic heterocycles. The van der Waals surface area contributed by atoms with Crippen molar-refractivity contribution in [1.29, 1.82) is 0 Å². The van der Waals surface area contributed by atoms with Crippen LogP contribution in [0.15, 0.2) is 60.7 Å². The second kappa shape index (κ2) is 9.98. The van der Waals surface area contributed by atoms with Crippen LogP contribution in [0.25, 0.3) is 0 Å². The molecule has 0 saturated heterocycles. The smallest absolute Gasteiger partial charge is 0.251 e. The maximum atomic E-state index is 12.8. The van der Waals surface area contributed by atoms with Crippen molar-refractivity contribution >= 4 is 44.8 Å². The van der Waals surface area contributed by atoms with E-state index in [4.69, 9.17) is 23.2 Å². The lowest BCUT2D eigenvalue weighted by Gasteiger charge is -2.24. The summed E-state index contributed by atoms with van der Waals surface area (Å²) in [6.45, 7) is 1.94. The Morgan fingerprint density at radius 2 is 1.65 bits per heavy atom. The molecule has 8 heteroatoms. The van der Waals surface area contributed by atoms with E-state index in [9.17, 15) is 13.2 Å².